The maximum absolute atomic E-state index is 12.9. The summed E-state index contributed by atoms with van der Waals surface area (Å²) in [4.78, 5) is 18.0. The van der Waals surface area contributed by atoms with Gasteiger partial charge in [-0.25, -0.2) is 0 Å². The number of aryl methyl sites for hydroxylation is 2. The summed E-state index contributed by atoms with van der Waals surface area (Å²) >= 11 is 1.50. The molecule has 0 spiro atoms. The van der Waals surface area contributed by atoms with Crippen LogP contribution >= 0.6 is 11.3 Å². The zero-order chi connectivity index (χ0) is 20.3. The third-order valence-corrected chi connectivity index (χ3v) is 5.66. The van der Waals surface area contributed by atoms with Gasteiger partial charge in [0.1, 0.15) is 22.8 Å². The standard InChI is InChI=1S/C21H24N2O4S/c1-6-9-23-18-17(27-5)8-7-13(2)19(18)28-21(23)22-20(24)14-10-15(25-3)12-16(11-14)26-4/h7-8,10-12H,6,9H2,1-5H3. The molecule has 0 aliphatic heterocycles. The lowest BCUT2D eigenvalue weighted by Crippen LogP contribution is -2.17. The van der Waals surface area contributed by atoms with Crippen molar-refractivity contribution < 1.29 is 19.0 Å². The normalized spacial score (nSPS) is 11.7. The van der Waals surface area contributed by atoms with Crippen LogP contribution in [0.3, 0.4) is 0 Å². The lowest BCUT2D eigenvalue weighted by Gasteiger charge is -2.08. The third-order valence-electron chi connectivity index (χ3n) is 4.45. The summed E-state index contributed by atoms with van der Waals surface area (Å²) in [6.07, 6.45) is 0.914. The Morgan fingerprint density at radius 3 is 2.32 bits per heavy atom. The first-order chi connectivity index (χ1) is 13.5. The van der Waals surface area contributed by atoms with Crippen LogP contribution in [-0.4, -0.2) is 31.8 Å². The summed E-state index contributed by atoms with van der Waals surface area (Å²) in [6.45, 7) is 4.89. The van der Waals surface area contributed by atoms with Gasteiger partial charge < -0.3 is 18.8 Å². The van der Waals surface area contributed by atoms with Gasteiger partial charge >= 0.3 is 0 Å². The molecule has 0 saturated heterocycles. The highest BCUT2D eigenvalue weighted by Gasteiger charge is 2.15. The Morgan fingerprint density at radius 2 is 1.75 bits per heavy atom. The summed E-state index contributed by atoms with van der Waals surface area (Å²) in [5.74, 6) is 1.54. The fourth-order valence-corrected chi connectivity index (χ4v) is 4.18. The lowest BCUT2D eigenvalue weighted by molar-refractivity contribution is 0.0997. The summed E-state index contributed by atoms with van der Waals surface area (Å²) in [5.41, 5.74) is 2.52. The highest BCUT2D eigenvalue weighted by atomic mass is 32.1. The molecule has 3 aromatic rings. The number of methoxy groups -OCH3 is 3. The number of amides is 1. The van der Waals surface area contributed by atoms with Crippen LogP contribution in [0.5, 0.6) is 17.2 Å². The molecule has 6 nitrogen and oxygen atoms in total. The first-order valence-electron chi connectivity index (χ1n) is 9.01. The smallest absolute Gasteiger partial charge is 0.279 e. The molecule has 0 atom stereocenters. The minimum absolute atomic E-state index is 0.342. The van der Waals surface area contributed by atoms with E-state index in [1.807, 2.05) is 19.1 Å². The summed E-state index contributed by atoms with van der Waals surface area (Å²) in [5, 5.41) is 0. The third kappa shape index (κ3) is 3.75. The molecule has 0 radical (unpaired) electrons. The molecule has 2 aromatic carbocycles. The maximum atomic E-state index is 12.9. The second-order valence-electron chi connectivity index (χ2n) is 6.32. The topological polar surface area (TPSA) is 62.1 Å². The van der Waals surface area contributed by atoms with Gasteiger partial charge in [-0.2, -0.15) is 4.99 Å². The maximum Gasteiger partial charge on any atom is 0.279 e. The van der Waals surface area contributed by atoms with E-state index in [1.54, 1.807) is 39.5 Å². The molecule has 0 bridgehead atoms. The van der Waals surface area contributed by atoms with E-state index in [9.17, 15) is 4.79 Å². The molecule has 0 saturated carbocycles. The molecule has 1 amide bonds. The number of thiazole rings is 1. The van der Waals surface area contributed by atoms with Crippen LogP contribution in [0, 0.1) is 6.92 Å². The quantitative estimate of drug-likeness (QED) is 0.622. The number of rotatable bonds is 6. The number of ether oxygens (including phenoxy) is 3. The van der Waals surface area contributed by atoms with Gasteiger partial charge in [0, 0.05) is 18.2 Å². The van der Waals surface area contributed by atoms with Gasteiger partial charge in [0.05, 0.1) is 26.0 Å². The highest BCUT2D eigenvalue weighted by Crippen LogP contribution is 2.30. The molecule has 7 heteroatoms. The molecule has 0 aliphatic carbocycles. The Morgan fingerprint density at radius 1 is 1.07 bits per heavy atom. The number of fused-ring (bicyclic) bond motifs is 1. The van der Waals surface area contributed by atoms with Gasteiger partial charge in [-0.05, 0) is 37.1 Å². The first-order valence-corrected chi connectivity index (χ1v) is 9.83. The number of carbonyl (C=O) groups excluding carboxylic acids is 1. The van der Waals surface area contributed by atoms with Crippen molar-refractivity contribution in [3.63, 3.8) is 0 Å². The molecular formula is C21H24N2O4S. The van der Waals surface area contributed by atoms with Crippen molar-refractivity contribution in [2.45, 2.75) is 26.8 Å². The number of aromatic nitrogens is 1. The van der Waals surface area contributed by atoms with E-state index >= 15 is 0 Å². The van der Waals surface area contributed by atoms with Crippen LogP contribution in [0.25, 0.3) is 10.2 Å². The average molecular weight is 401 g/mol. The predicted octanol–water partition coefficient (Wildman–Crippen LogP) is 4.19. The first kappa shape index (κ1) is 19.9. The minimum atomic E-state index is -0.342. The Labute approximate surface area is 168 Å². The fourth-order valence-electron chi connectivity index (χ4n) is 3.04. The van der Waals surface area contributed by atoms with E-state index in [-0.39, 0.29) is 5.91 Å². The molecule has 0 unspecified atom stereocenters. The number of nitrogens with zero attached hydrogens (tertiary/aromatic N) is 2. The van der Waals surface area contributed by atoms with Gasteiger partial charge in [0.2, 0.25) is 0 Å². The average Bonchev–Trinajstić information content (AvgIpc) is 3.07. The van der Waals surface area contributed by atoms with Gasteiger partial charge in [0.25, 0.3) is 5.91 Å². The molecule has 3 rings (SSSR count). The summed E-state index contributed by atoms with van der Waals surface area (Å²) in [7, 11) is 4.76. The number of hydrogen-bond acceptors (Lipinski definition) is 5. The molecule has 0 aliphatic rings. The van der Waals surface area contributed by atoms with Crippen molar-refractivity contribution in [1.29, 1.82) is 0 Å². The van der Waals surface area contributed by atoms with Gasteiger partial charge in [0.15, 0.2) is 4.80 Å². The number of benzene rings is 2. The van der Waals surface area contributed by atoms with Crippen LogP contribution in [0.15, 0.2) is 35.3 Å². The second-order valence-corrected chi connectivity index (χ2v) is 7.29. The SMILES string of the molecule is CCCn1c(=NC(=O)c2cc(OC)cc(OC)c2)sc2c(C)ccc(OC)c21. The van der Waals surface area contributed by atoms with Crippen LogP contribution < -0.4 is 19.0 Å². The van der Waals surface area contributed by atoms with E-state index in [0.717, 1.165) is 34.5 Å². The summed E-state index contributed by atoms with van der Waals surface area (Å²) in [6, 6.07) is 9.03. The zero-order valence-corrected chi connectivity index (χ0v) is 17.6. The largest absolute Gasteiger partial charge is 0.497 e. The van der Waals surface area contributed by atoms with Crippen molar-refractivity contribution in [2.24, 2.45) is 4.99 Å². The molecule has 148 valence electrons. The van der Waals surface area contributed by atoms with Crippen LogP contribution in [0.4, 0.5) is 0 Å². The molecule has 1 heterocycles. The zero-order valence-electron chi connectivity index (χ0n) is 16.7. The van der Waals surface area contributed by atoms with E-state index in [4.69, 9.17) is 14.2 Å². The van der Waals surface area contributed by atoms with E-state index < -0.39 is 0 Å². The monoisotopic (exact) mass is 400 g/mol. The lowest BCUT2D eigenvalue weighted by atomic mass is 10.2. The second kappa shape index (κ2) is 8.48. The van der Waals surface area contributed by atoms with Crippen molar-refractivity contribution in [3.8, 4) is 17.2 Å². The molecule has 1 aromatic heterocycles. The number of carbonyl (C=O) groups is 1. The van der Waals surface area contributed by atoms with Crippen LogP contribution in [-0.2, 0) is 6.54 Å². The number of hydrogen-bond donors (Lipinski definition) is 0. The highest BCUT2D eigenvalue weighted by molar-refractivity contribution is 7.16. The fraction of sp³-hybridized carbons (Fsp3) is 0.333. The molecule has 28 heavy (non-hydrogen) atoms. The van der Waals surface area contributed by atoms with Crippen molar-refractivity contribution in [1.82, 2.24) is 4.57 Å². The van der Waals surface area contributed by atoms with Crippen molar-refractivity contribution >= 4 is 27.5 Å². The Bertz CT molecular complexity index is 1060. The van der Waals surface area contributed by atoms with Crippen LogP contribution in [0.1, 0.15) is 29.3 Å². The molecule has 0 fully saturated rings. The van der Waals surface area contributed by atoms with Gasteiger partial charge in [-0.3, -0.25) is 4.79 Å². The van der Waals surface area contributed by atoms with E-state index in [0.29, 0.717) is 21.9 Å². The Hall–Kier alpha value is -2.80. The Kier molecular flexibility index (Phi) is 6.04. The van der Waals surface area contributed by atoms with Gasteiger partial charge in [-0.15, -0.1) is 0 Å². The van der Waals surface area contributed by atoms with Crippen molar-refractivity contribution in [3.05, 3.63) is 46.3 Å². The van der Waals surface area contributed by atoms with Gasteiger partial charge in [-0.1, -0.05) is 24.3 Å². The minimum Gasteiger partial charge on any atom is -0.497 e. The molecule has 0 N–H and O–H groups in total. The Balaban J connectivity index is 2.20. The van der Waals surface area contributed by atoms with Crippen LogP contribution in [0.2, 0.25) is 0 Å². The molecular weight excluding hydrogens is 376 g/mol. The summed E-state index contributed by atoms with van der Waals surface area (Å²) < 4.78 is 19.2. The van der Waals surface area contributed by atoms with Crippen molar-refractivity contribution in [2.75, 3.05) is 21.3 Å². The predicted molar refractivity (Wildman–Crippen MR) is 111 cm³/mol. The van der Waals surface area contributed by atoms with E-state index in [1.165, 1.54) is 11.3 Å². The van der Waals surface area contributed by atoms with E-state index in [2.05, 4.69) is 16.5 Å².